The summed E-state index contributed by atoms with van der Waals surface area (Å²) in [7, 11) is -2.06. The number of carbonyl (C=O) groups excluding carboxylic acids is 1. The SMILES string of the molecule is CCC1CN(C(=O)CNS(=O)(=O)c2cn(C)c(C)n2)CCO1. The Kier molecular flexibility index (Phi) is 5.20. The monoisotopic (exact) mass is 330 g/mol. The molecule has 0 bridgehead atoms. The van der Waals surface area contributed by atoms with Gasteiger partial charge in [-0.05, 0) is 13.3 Å². The van der Waals surface area contributed by atoms with Crippen LogP contribution in [0, 0.1) is 6.92 Å². The molecule has 0 radical (unpaired) electrons. The van der Waals surface area contributed by atoms with E-state index in [1.165, 1.54) is 6.20 Å². The van der Waals surface area contributed by atoms with E-state index in [1.807, 2.05) is 6.92 Å². The molecule has 1 aliphatic rings. The third-order valence-corrected chi connectivity index (χ3v) is 4.99. The van der Waals surface area contributed by atoms with Crippen LogP contribution in [0.15, 0.2) is 11.2 Å². The van der Waals surface area contributed by atoms with Gasteiger partial charge in [-0.25, -0.2) is 18.1 Å². The average Bonchev–Trinajstić information content (AvgIpc) is 2.85. The van der Waals surface area contributed by atoms with Crippen LogP contribution < -0.4 is 4.72 Å². The molecule has 1 aromatic heterocycles. The van der Waals surface area contributed by atoms with Gasteiger partial charge in [-0.1, -0.05) is 6.92 Å². The van der Waals surface area contributed by atoms with Crippen LogP contribution in [-0.4, -0.2) is 61.1 Å². The molecule has 2 rings (SSSR count). The van der Waals surface area contributed by atoms with Gasteiger partial charge in [0.05, 0.1) is 19.3 Å². The lowest BCUT2D eigenvalue weighted by atomic mass is 10.2. The quantitative estimate of drug-likeness (QED) is 0.796. The van der Waals surface area contributed by atoms with Gasteiger partial charge in [0.15, 0.2) is 5.03 Å². The lowest BCUT2D eigenvalue weighted by Crippen LogP contribution is -2.48. The molecule has 1 amide bonds. The number of nitrogens with one attached hydrogen (secondary N) is 1. The third-order valence-electron chi connectivity index (χ3n) is 3.72. The molecular weight excluding hydrogens is 308 g/mol. The highest BCUT2D eigenvalue weighted by Crippen LogP contribution is 2.10. The van der Waals surface area contributed by atoms with Crippen molar-refractivity contribution in [3.63, 3.8) is 0 Å². The Morgan fingerprint density at radius 2 is 2.27 bits per heavy atom. The van der Waals surface area contributed by atoms with E-state index in [0.717, 1.165) is 6.42 Å². The van der Waals surface area contributed by atoms with Crippen molar-refractivity contribution in [3.05, 3.63) is 12.0 Å². The van der Waals surface area contributed by atoms with Crippen LogP contribution >= 0.6 is 0 Å². The number of hydrogen-bond acceptors (Lipinski definition) is 5. The standard InChI is InChI=1S/C13H22N4O4S/c1-4-11-8-17(5-6-21-11)13(18)7-14-22(19,20)12-9-16(3)10(2)15-12/h9,11,14H,4-8H2,1-3H3. The maximum absolute atomic E-state index is 12.1. The van der Waals surface area contributed by atoms with Gasteiger partial charge >= 0.3 is 0 Å². The molecule has 1 aromatic rings. The number of rotatable bonds is 5. The van der Waals surface area contributed by atoms with Gasteiger partial charge in [0, 0.05) is 26.3 Å². The van der Waals surface area contributed by atoms with Crippen molar-refractivity contribution in [2.75, 3.05) is 26.2 Å². The number of ether oxygens (including phenoxy) is 1. The van der Waals surface area contributed by atoms with Crippen LogP contribution in [0.25, 0.3) is 0 Å². The van der Waals surface area contributed by atoms with Crippen molar-refractivity contribution in [3.8, 4) is 0 Å². The van der Waals surface area contributed by atoms with E-state index < -0.39 is 10.0 Å². The summed E-state index contributed by atoms with van der Waals surface area (Å²) in [5, 5.41) is -0.0753. The Morgan fingerprint density at radius 1 is 1.55 bits per heavy atom. The van der Waals surface area contributed by atoms with Gasteiger partial charge in [0.2, 0.25) is 5.91 Å². The predicted molar refractivity (Wildman–Crippen MR) is 79.7 cm³/mol. The first-order valence-corrected chi connectivity index (χ1v) is 8.70. The average molecular weight is 330 g/mol. The Morgan fingerprint density at radius 3 is 2.86 bits per heavy atom. The molecule has 1 saturated heterocycles. The van der Waals surface area contributed by atoms with E-state index in [-0.39, 0.29) is 23.6 Å². The van der Waals surface area contributed by atoms with Gasteiger partial charge in [0.1, 0.15) is 5.82 Å². The number of aromatic nitrogens is 2. The molecule has 22 heavy (non-hydrogen) atoms. The van der Waals surface area contributed by atoms with E-state index >= 15 is 0 Å². The Balaban J connectivity index is 1.95. The summed E-state index contributed by atoms with van der Waals surface area (Å²) >= 11 is 0. The molecule has 8 nitrogen and oxygen atoms in total. The maximum Gasteiger partial charge on any atom is 0.260 e. The van der Waals surface area contributed by atoms with E-state index in [1.54, 1.807) is 23.4 Å². The first kappa shape index (κ1) is 16.9. The zero-order valence-electron chi connectivity index (χ0n) is 13.1. The number of morpholine rings is 1. The summed E-state index contributed by atoms with van der Waals surface area (Å²) in [4.78, 5) is 17.7. The van der Waals surface area contributed by atoms with E-state index in [9.17, 15) is 13.2 Å². The van der Waals surface area contributed by atoms with E-state index in [2.05, 4.69) is 9.71 Å². The van der Waals surface area contributed by atoms with Crippen LogP contribution in [0.4, 0.5) is 0 Å². The number of aryl methyl sites for hydroxylation is 2. The summed E-state index contributed by atoms with van der Waals surface area (Å²) in [5.41, 5.74) is 0. The molecule has 1 atom stereocenters. The zero-order valence-corrected chi connectivity index (χ0v) is 13.9. The predicted octanol–water partition coefficient (Wildman–Crippen LogP) is -0.356. The highest BCUT2D eigenvalue weighted by Gasteiger charge is 2.25. The number of imidazole rings is 1. The van der Waals surface area contributed by atoms with Crippen LogP contribution in [0.2, 0.25) is 0 Å². The Hall–Kier alpha value is -1.45. The van der Waals surface area contributed by atoms with Crippen molar-refractivity contribution in [1.29, 1.82) is 0 Å². The second kappa shape index (κ2) is 6.76. The molecule has 1 unspecified atom stereocenters. The molecule has 0 aromatic carbocycles. The van der Waals surface area contributed by atoms with Crippen LogP contribution in [0.1, 0.15) is 19.2 Å². The van der Waals surface area contributed by atoms with Crippen molar-refractivity contribution in [2.45, 2.75) is 31.4 Å². The first-order valence-electron chi connectivity index (χ1n) is 7.22. The maximum atomic E-state index is 12.1. The molecule has 1 fully saturated rings. The fraction of sp³-hybridized carbons (Fsp3) is 0.692. The van der Waals surface area contributed by atoms with Gasteiger partial charge in [0.25, 0.3) is 10.0 Å². The number of carbonyl (C=O) groups is 1. The number of amides is 1. The Labute approximate surface area is 130 Å². The summed E-state index contributed by atoms with van der Waals surface area (Å²) in [6.07, 6.45) is 2.26. The minimum Gasteiger partial charge on any atom is -0.375 e. The largest absolute Gasteiger partial charge is 0.375 e. The second-order valence-corrected chi connectivity index (χ2v) is 7.02. The lowest BCUT2D eigenvalue weighted by Gasteiger charge is -2.32. The van der Waals surface area contributed by atoms with Crippen LogP contribution in [0.3, 0.4) is 0 Å². The molecule has 124 valence electrons. The van der Waals surface area contributed by atoms with Crippen molar-refractivity contribution in [1.82, 2.24) is 19.2 Å². The van der Waals surface area contributed by atoms with Gasteiger partial charge in [-0.3, -0.25) is 4.79 Å². The smallest absolute Gasteiger partial charge is 0.260 e. The van der Waals surface area contributed by atoms with E-state index in [4.69, 9.17) is 4.74 Å². The lowest BCUT2D eigenvalue weighted by molar-refractivity contribution is -0.137. The van der Waals surface area contributed by atoms with Crippen LogP contribution in [-0.2, 0) is 26.6 Å². The molecule has 0 aliphatic carbocycles. The highest BCUT2D eigenvalue weighted by molar-refractivity contribution is 7.89. The minimum absolute atomic E-state index is 0.0211. The van der Waals surface area contributed by atoms with Crippen molar-refractivity contribution < 1.29 is 17.9 Å². The topological polar surface area (TPSA) is 93.5 Å². The molecule has 2 heterocycles. The molecule has 0 saturated carbocycles. The number of nitrogens with zero attached hydrogens (tertiary/aromatic N) is 3. The van der Waals surface area contributed by atoms with Crippen molar-refractivity contribution >= 4 is 15.9 Å². The second-order valence-electron chi connectivity index (χ2n) is 5.30. The zero-order chi connectivity index (χ0) is 16.3. The molecule has 0 spiro atoms. The van der Waals surface area contributed by atoms with Crippen LogP contribution in [0.5, 0.6) is 0 Å². The van der Waals surface area contributed by atoms with E-state index in [0.29, 0.717) is 25.5 Å². The van der Waals surface area contributed by atoms with Crippen molar-refractivity contribution in [2.24, 2.45) is 7.05 Å². The summed E-state index contributed by atoms with van der Waals surface area (Å²) < 4.78 is 33.7. The highest BCUT2D eigenvalue weighted by atomic mass is 32.2. The van der Waals surface area contributed by atoms with Gasteiger partial charge in [-0.2, -0.15) is 0 Å². The fourth-order valence-electron chi connectivity index (χ4n) is 2.19. The van der Waals surface area contributed by atoms with Gasteiger partial charge < -0.3 is 14.2 Å². The number of sulfonamides is 1. The molecule has 9 heteroatoms. The summed E-state index contributed by atoms with van der Waals surface area (Å²) in [6, 6.07) is 0. The number of hydrogen-bond donors (Lipinski definition) is 1. The molecule has 1 aliphatic heterocycles. The summed E-state index contributed by atoms with van der Waals surface area (Å²) in [5.74, 6) is 0.337. The fourth-order valence-corrected chi connectivity index (χ4v) is 3.20. The summed E-state index contributed by atoms with van der Waals surface area (Å²) in [6.45, 7) is 4.90. The van der Waals surface area contributed by atoms with Gasteiger partial charge in [-0.15, -0.1) is 0 Å². The Bertz CT molecular complexity index is 621. The third kappa shape index (κ3) is 3.84. The minimum atomic E-state index is -3.78. The first-order chi connectivity index (χ1) is 10.3. The molecule has 1 N–H and O–H groups in total. The normalized spacial score (nSPS) is 19.4. The molecular formula is C13H22N4O4S.